The number of unbranched alkanes of at least 4 members (excludes halogenated alkanes) is 1. The fourth-order valence-electron chi connectivity index (χ4n) is 1.79. The van der Waals surface area contributed by atoms with Crippen molar-refractivity contribution in [3.8, 4) is 11.7 Å². The summed E-state index contributed by atoms with van der Waals surface area (Å²) in [6.07, 6.45) is 1.23. The number of carbonyl (C=O) groups is 2. The number of carboxylic acid groups (broad SMARTS) is 1. The number of nitrogens with one attached hydrogen (secondary N) is 1. The third-order valence-corrected chi connectivity index (χ3v) is 2.87. The third kappa shape index (κ3) is 4.97. The van der Waals surface area contributed by atoms with Crippen LogP contribution in [0.5, 0.6) is 11.7 Å². The molecule has 0 radical (unpaired) electrons. The van der Waals surface area contributed by atoms with E-state index in [-0.39, 0.29) is 24.0 Å². The van der Waals surface area contributed by atoms with E-state index in [4.69, 9.17) is 14.3 Å². The Morgan fingerprint density at radius 2 is 1.86 bits per heavy atom. The lowest BCUT2D eigenvalue weighted by Gasteiger charge is -2.03. The summed E-state index contributed by atoms with van der Waals surface area (Å²) in [6, 6.07) is 12.2. The van der Waals surface area contributed by atoms with Gasteiger partial charge in [0.1, 0.15) is 5.75 Å². The van der Waals surface area contributed by atoms with Gasteiger partial charge in [-0.3, -0.25) is 9.59 Å². The molecule has 1 aromatic carbocycles. The molecule has 0 saturated carbocycles. The zero-order chi connectivity index (χ0) is 15.8. The summed E-state index contributed by atoms with van der Waals surface area (Å²) in [5.74, 6) is -0.165. The maximum atomic E-state index is 11.8. The lowest BCUT2D eigenvalue weighted by molar-refractivity contribution is -0.137. The van der Waals surface area contributed by atoms with Crippen molar-refractivity contribution in [1.82, 2.24) is 5.32 Å². The minimum atomic E-state index is -0.833. The fraction of sp³-hybridized carbons (Fsp3) is 0.250. The van der Waals surface area contributed by atoms with Gasteiger partial charge in [-0.25, -0.2) is 0 Å². The number of carboxylic acids is 1. The molecule has 0 aliphatic heterocycles. The highest BCUT2D eigenvalue weighted by Crippen LogP contribution is 2.23. The minimum absolute atomic E-state index is 0.103. The van der Waals surface area contributed by atoms with Crippen molar-refractivity contribution in [2.24, 2.45) is 0 Å². The van der Waals surface area contributed by atoms with Gasteiger partial charge in [0.2, 0.25) is 0 Å². The molecule has 1 aromatic heterocycles. The first kappa shape index (κ1) is 15.6. The fourth-order valence-corrected chi connectivity index (χ4v) is 1.79. The molecule has 0 fully saturated rings. The topological polar surface area (TPSA) is 88.8 Å². The average molecular weight is 303 g/mol. The van der Waals surface area contributed by atoms with Crippen LogP contribution in [0.25, 0.3) is 0 Å². The van der Waals surface area contributed by atoms with Crippen molar-refractivity contribution in [3.05, 3.63) is 48.2 Å². The molecule has 0 aliphatic rings. The van der Waals surface area contributed by atoms with E-state index in [1.807, 2.05) is 18.2 Å². The number of furan rings is 1. The monoisotopic (exact) mass is 303 g/mol. The molecule has 1 amide bonds. The van der Waals surface area contributed by atoms with Crippen molar-refractivity contribution in [3.63, 3.8) is 0 Å². The van der Waals surface area contributed by atoms with Crippen LogP contribution in [0.15, 0.2) is 46.9 Å². The predicted octanol–water partition coefficient (Wildman–Crippen LogP) is 3.06. The van der Waals surface area contributed by atoms with Crippen molar-refractivity contribution in [1.29, 1.82) is 0 Å². The van der Waals surface area contributed by atoms with Gasteiger partial charge >= 0.3 is 5.97 Å². The number of hydrogen-bond donors (Lipinski definition) is 2. The van der Waals surface area contributed by atoms with Crippen LogP contribution < -0.4 is 10.1 Å². The molecule has 6 heteroatoms. The molecule has 6 nitrogen and oxygen atoms in total. The first-order chi connectivity index (χ1) is 10.6. The van der Waals surface area contributed by atoms with Crippen molar-refractivity contribution < 1.29 is 23.8 Å². The Bertz CT molecular complexity index is 620. The van der Waals surface area contributed by atoms with Crippen LogP contribution in [0, 0.1) is 0 Å². The SMILES string of the molecule is O=C(O)CCCCNC(=O)c1ccc(Oc2ccccc2)o1. The largest absolute Gasteiger partial charge is 0.481 e. The van der Waals surface area contributed by atoms with Crippen molar-refractivity contribution in [2.75, 3.05) is 6.54 Å². The summed E-state index contributed by atoms with van der Waals surface area (Å²) in [4.78, 5) is 22.2. The highest BCUT2D eigenvalue weighted by molar-refractivity contribution is 5.91. The summed E-state index contributed by atoms with van der Waals surface area (Å²) >= 11 is 0. The predicted molar refractivity (Wildman–Crippen MR) is 79.0 cm³/mol. The summed E-state index contributed by atoms with van der Waals surface area (Å²) < 4.78 is 10.8. The third-order valence-electron chi connectivity index (χ3n) is 2.87. The van der Waals surface area contributed by atoms with E-state index in [0.29, 0.717) is 25.1 Å². The number of carbonyl (C=O) groups excluding carboxylic acids is 1. The number of ether oxygens (including phenoxy) is 1. The van der Waals surface area contributed by atoms with Crippen LogP contribution in [0.3, 0.4) is 0 Å². The summed E-state index contributed by atoms with van der Waals surface area (Å²) in [5, 5.41) is 11.2. The van der Waals surface area contributed by atoms with E-state index in [0.717, 1.165) is 0 Å². The maximum Gasteiger partial charge on any atom is 0.303 e. The first-order valence-electron chi connectivity index (χ1n) is 6.98. The second kappa shape index (κ2) is 7.87. The van der Waals surface area contributed by atoms with Crippen LogP contribution in [0.4, 0.5) is 0 Å². The normalized spacial score (nSPS) is 10.2. The standard InChI is InChI=1S/C16H17NO5/c18-14(19)8-4-5-11-17-16(20)13-9-10-15(22-13)21-12-6-2-1-3-7-12/h1-3,6-7,9-10H,4-5,8,11H2,(H,17,20)(H,18,19). The van der Waals surface area contributed by atoms with Crippen LogP contribution in [0.2, 0.25) is 0 Å². The van der Waals surface area contributed by atoms with Crippen LogP contribution in [0.1, 0.15) is 29.8 Å². The van der Waals surface area contributed by atoms with Gasteiger partial charge in [-0.2, -0.15) is 0 Å². The molecular formula is C16H17NO5. The molecule has 0 unspecified atom stereocenters. The number of para-hydroxylation sites is 1. The zero-order valence-electron chi connectivity index (χ0n) is 12.0. The van der Waals surface area contributed by atoms with Gasteiger partial charge in [-0.05, 0) is 31.0 Å². The van der Waals surface area contributed by atoms with Gasteiger partial charge in [0.15, 0.2) is 5.76 Å². The second-order valence-electron chi connectivity index (χ2n) is 4.64. The van der Waals surface area contributed by atoms with Gasteiger partial charge in [-0.1, -0.05) is 18.2 Å². The Hall–Kier alpha value is -2.76. The molecule has 0 spiro atoms. The van der Waals surface area contributed by atoms with E-state index in [1.54, 1.807) is 18.2 Å². The molecule has 2 aromatic rings. The van der Waals surface area contributed by atoms with E-state index in [9.17, 15) is 9.59 Å². The molecule has 22 heavy (non-hydrogen) atoms. The molecule has 0 aliphatic carbocycles. The van der Waals surface area contributed by atoms with Crippen LogP contribution in [-0.2, 0) is 4.79 Å². The molecule has 1 heterocycles. The highest BCUT2D eigenvalue weighted by atomic mass is 16.6. The maximum absolute atomic E-state index is 11.8. The molecule has 2 N–H and O–H groups in total. The number of aliphatic carboxylic acids is 1. The van der Waals surface area contributed by atoms with Gasteiger partial charge in [0.05, 0.1) is 0 Å². The molecule has 0 atom stereocenters. The Balaban J connectivity index is 1.78. The number of amides is 1. The van der Waals surface area contributed by atoms with E-state index in [2.05, 4.69) is 5.32 Å². The smallest absolute Gasteiger partial charge is 0.303 e. The van der Waals surface area contributed by atoms with Gasteiger partial charge in [0.25, 0.3) is 11.9 Å². The van der Waals surface area contributed by atoms with Gasteiger partial charge in [0, 0.05) is 19.0 Å². The van der Waals surface area contributed by atoms with E-state index in [1.165, 1.54) is 6.07 Å². The lowest BCUT2D eigenvalue weighted by Crippen LogP contribution is -2.24. The van der Waals surface area contributed by atoms with E-state index >= 15 is 0 Å². The average Bonchev–Trinajstić information content (AvgIpc) is 2.96. The van der Waals surface area contributed by atoms with Gasteiger partial charge in [-0.15, -0.1) is 0 Å². The Morgan fingerprint density at radius 1 is 1.09 bits per heavy atom. The number of benzene rings is 1. The molecule has 2 rings (SSSR count). The summed E-state index contributed by atoms with van der Waals surface area (Å²) in [6.45, 7) is 0.404. The summed E-state index contributed by atoms with van der Waals surface area (Å²) in [5.41, 5.74) is 0. The molecule has 0 bridgehead atoms. The van der Waals surface area contributed by atoms with Crippen LogP contribution >= 0.6 is 0 Å². The Morgan fingerprint density at radius 3 is 2.59 bits per heavy atom. The first-order valence-corrected chi connectivity index (χ1v) is 6.98. The lowest BCUT2D eigenvalue weighted by atomic mass is 10.2. The summed E-state index contributed by atoms with van der Waals surface area (Å²) in [7, 11) is 0. The van der Waals surface area contributed by atoms with Crippen molar-refractivity contribution in [2.45, 2.75) is 19.3 Å². The zero-order valence-corrected chi connectivity index (χ0v) is 12.0. The quantitative estimate of drug-likeness (QED) is 0.732. The number of rotatable bonds is 8. The Labute approximate surface area is 127 Å². The molecule has 0 saturated heterocycles. The number of hydrogen-bond acceptors (Lipinski definition) is 4. The van der Waals surface area contributed by atoms with E-state index < -0.39 is 5.97 Å². The Kier molecular flexibility index (Phi) is 5.59. The second-order valence-corrected chi connectivity index (χ2v) is 4.64. The highest BCUT2D eigenvalue weighted by Gasteiger charge is 2.11. The van der Waals surface area contributed by atoms with Crippen LogP contribution in [-0.4, -0.2) is 23.5 Å². The van der Waals surface area contributed by atoms with Gasteiger partial charge < -0.3 is 19.6 Å². The molecule has 116 valence electrons. The van der Waals surface area contributed by atoms with Crippen molar-refractivity contribution >= 4 is 11.9 Å². The minimum Gasteiger partial charge on any atom is -0.481 e. The molecular weight excluding hydrogens is 286 g/mol.